The number of H-pyrrole nitrogens is 1. The summed E-state index contributed by atoms with van der Waals surface area (Å²) in [6.07, 6.45) is 4.71. The molecule has 2 atom stereocenters. The Morgan fingerprint density at radius 2 is 2.26 bits per heavy atom. The number of aromatic nitrogens is 1. The summed E-state index contributed by atoms with van der Waals surface area (Å²) in [5, 5.41) is 1.18. The normalized spacial score (nSPS) is 21.4. The van der Waals surface area contributed by atoms with E-state index in [-0.39, 0.29) is 12.6 Å². The lowest BCUT2D eigenvalue weighted by Crippen LogP contribution is -2.29. The van der Waals surface area contributed by atoms with E-state index in [1.807, 2.05) is 37.4 Å². The molecule has 1 aromatic heterocycles. The summed E-state index contributed by atoms with van der Waals surface area (Å²) in [7, 11) is 0. The van der Waals surface area contributed by atoms with Crippen LogP contribution in [-0.2, 0) is 9.47 Å². The number of hydrogen-bond acceptors (Lipinski definition) is 3. The molecule has 102 valence electrons. The molecular weight excluding hydrogens is 242 g/mol. The first-order chi connectivity index (χ1) is 9.31. The third kappa shape index (κ3) is 3.08. The molecule has 4 nitrogen and oxygen atoms in total. The van der Waals surface area contributed by atoms with Crippen molar-refractivity contribution in [3.63, 3.8) is 0 Å². The molecule has 4 heteroatoms. The average Bonchev–Trinajstić information content (AvgIpc) is 2.87. The molecular formula is C15H19NO3. The molecule has 1 aliphatic heterocycles. The summed E-state index contributed by atoms with van der Waals surface area (Å²) in [5.74, 6) is 0.804. The van der Waals surface area contributed by atoms with Crippen LogP contribution in [-0.4, -0.2) is 24.2 Å². The fourth-order valence-electron chi connectivity index (χ4n) is 2.35. The van der Waals surface area contributed by atoms with E-state index in [1.165, 1.54) is 5.39 Å². The molecule has 1 fully saturated rings. The lowest BCUT2D eigenvalue weighted by molar-refractivity contribution is -0.225. The molecule has 2 heterocycles. The van der Waals surface area contributed by atoms with Crippen LogP contribution in [0.2, 0.25) is 0 Å². The minimum atomic E-state index is -0.310. The Balaban J connectivity index is 1.59. The van der Waals surface area contributed by atoms with Crippen molar-refractivity contribution in [3.05, 3.63) is 30.5 Å². The Labute approximate surface area is 112 Å². The van der Waals surface area contributed by atoms with Crippen molar-refractivity contribution in [1.82, 2.24) is 4.98 Å². The Morgan fingerprint density at radius 3 is 3.11 bits per heavy atom. The second kappa shape index (κ2) is 5.63. The lowest BCUT2D eigenvalue weighted by Gasteiger charge is -2.26. The van der Waals surface area contributed by atoms with Crippen molar-refractivity contribution in [2.24, 2.45) is 0 Å². The topological polar surface area (TPSA) is 43.5 Å². The number of fused-ring (bicyclic) bond motifs is 1. The van der Waals surface area contributed by atoms with E-state index in [4.69, 9.17) is 14.2 Å². The van der Waals surface area contributed by atoms with Gasteiger partial charge in [0.05, 0.1) is 0 Å². The second-order valence-corrected chi connectivity index (χ2v) is 4.84. The standard InChI is InChI=1S/C15H19NO3/c1-11(19-15-4-2-3-9-17-15)18-13-6-5-12-7-8-16-14(12)10-13/h5-8,10-11,15-16H,2-4,9H2,1H3. The van der Waals surface area contributed by atoms with Gasteiger partial charge in [0.15, 0.2) is 12.6 Å². The summed E-state index contributed by atoms with van der Waals surface area (Å²) >= 11 is 0. The number of benzene rings is 1. The Kier molecular flexibility index (Phi) is 3.71. The first-order valence-corrected chi connectivity index (χ1v) is 6.82. The van der Waals surface area contributed by atoms with Crippen molar-refractivity contribution in [3.8, 4) is 5.75 Å². The highest BCUT2D eigenvalue weighted by Crippen LogP contribution is 2.22. The monoisotopic (exact) mass is 261 g/mol. The van der Waals surface area contributed by atoms with Gasteiger partial charge in [-0.15, -0.1) is 0 Å². The molecule has 2 aromatic rings. The van der Waals surface area contributed by atoms with Crippen LogP contribution in [0.5, 0.6) is 5.75 Å². The molecule has 0 bridgehead atoms. The van der Waals surface area contributed by atoms with Gasteiger partial charge in [-0.25, -0.2) is 0 Å². The van der Waals surface area contributed by atoms with Gasteiger partial charge < -0.3 is 19.2 Å². The number of rotatable bonds is 4. The molecule has 0 aliphatic carbocycles. The summed E-state index contributed by atoms with van der Waals surface area (Å²) in [4.78, 5) is 3.17. The van der Waals surface area contributed by atoms with Crippen LogP contribution in [0.4, 0.5) is 0 Å². The van der Waals surface area contributed by atoms with Gasteiger partial charge in [-0.1, -0.05) is 0 Å². The number of hydrogen-bond donors (Lipinski definition) is 1. The minimum absolute atomic E-state index is 0.127. The van der Waals surface area contributed by atoms with Crippen LogP contribution < -0.4 is 4.74 Å². The molecule has 1 aliphatic rings. The largest absolute Gasteiger partial charge is 0.465 e. The van der Waals surface area contributed by atoms with E-state index < -0.39 is 0 Å². The number of nitrogens with one attached hydrogen (secondary N) is 1. The van der Waals surface area contributed by atoms with Gasteiger partial charge in [-0.05, 0) is 49.8 Å². The zero-order chi connectivity index (χ0) is 13.1. The molecule has 1 aromatic carbocycles. The van der Waals surface area contributed by atoms with Gasteiger partial charge in [-0.3, -0.25) is 0 Å². The van der Waals surface area contributed by atoms with E-state index in [1.54, 1.807) is 0 Å². The predicted octanol–water partition coefficient (Wildman–Crippen LogP) is 3.44. The highest BCUT2D eigenvalue weighted by atomic mass is 16.8. The first kappa shape index (κ1) is 12.5. The molecule has 3 rings (SSSR count). The quantitative estimate of drug-likeness (QED) is 0.857. The van der Waals surface area contributed by atoms with E-state index in [9.17, 15) is 0 Å². The van der Waals surface area contributed by atoms with E-state index >= 15 is 0 Å². The minimum Gasteiger partial charge on any atom is -0.465 e. The lowest BCUT2D eigenvalue weighted by atomic mass is 10.2. The van der Waals surface area contributed by atoms with E-state index in [2.05, 4.69) is 4.98 Å². The zero-order valence-electron chi connectivity index (χ0n) is 11.1. The molecule has 0 spiro atoms. The maximum atomic E-state index is 5.77. The van der Waals surface area contributed by atoms with E-state index in [0.717, 1.165) is 37.1 Å². The van der Waals surface area contributed by atoms with Crippen LogP contribution in [0, 0.1) is 0 Å². The average molecular weight is 261 g/mol. The van der Waals surface area contributed by atoms with Crippen molar-refractivity contribution in [2.75, 3.05) is 6.61 Å². The summed E-state index contributed by atoms with van der Waals surface area (Å²) < 4.78 is 17.0. The third-order valence-electron chi connectivity index (χ3n) is 3.31. The molecule has 0 saturated carbocycles. The predicted molar refractivity (Wildman–Crippen MR) is 73.1 cm³/mol. The van der Waals surface area contributed by atoms with Gasteiger partial charge in [0.25, 0.3) is 0 Å². The maximum Gasteiger partial charge on any atom is 0.199 e. The van der Waals surface area contributed by atoms with Crippen LogP contribution in [0.25, 0.3) is 10.9 Å². The Morgan fingerprint density at radius 1 is 1.32 bits per heavy atom. The molecule has 19 heavy (non-hydrogen) atoms. The number of ether oxygens (including phenoxy) is 3. The maximum absolute atomic E-state index is 5.77. The van der Waals surface area contributed by atoms with Crippen LogP contribution in [0.3, 0.4) is 0 Å². The highest BCUT2D eigenvalue weighted by molar-refractivity contribution is 5.80. The van der Waals surface area contributed by atoms with Crippen LogP contribution >= 0.6 is 0 Å². The van der Waals surface area contributed by atoms with Crippen molar-refractivity contribution in [1.29, 1.82) is 0 Å². The van der Waals surface area contributed by atoms with Gasteiger partial charge >= 0.3 is 0 Å². The molecule has 1 saturated heterocycles. The van der Waals surface area contributed by atoms with Gasteiger partial charge in [0, 0.05) is 24.4 Å². The zero-order valence-corrected chi connectivity index (χ0v) is 11.1. The number of aromatic amines is 1. The first-order valence-electron chi connectivity index (χ1n) is 6.82. The fourth-order valence-corrected chi connectivity index (χ4v) is 2.35. The van der Waals surface area contributed by atoms with Gasteiger partial charge in [0.2, 0.25) is 0 Å². The molecule has 1 N–H and O–H groups in total. The second-order valence-electron chi connectivity index (χ2n) is 4.84. The van der Waals surface area contributed by atoms with Crippen molar-refractivity contribution < 1.29 is 14.2 Å². The van der Waals surface area contributed by atoms with Crippen LogP contribution in [0.1, 0.15) is 26.2 Å². The smallest absolute Gasteiger partial charge is 0.199 e. The summed E-state index contributed by atoms with van der Waals surface area (Å²) in [6.45, 7) is 2.68. The third-order valence-corrected chi connectivity index (χ3v) is 3.31. The van der Waals surface area contributed by atoms with Crippen LogP contribution in [0.15, 0.2) is 30.5 Å². The van der Waals surface area contributed by atoms with Crippen molar-refractivity contribution in [2.45, 2.75) is 38.8 Å². The van der Waals surface area contributed by atoms with Gasteiger partial charge in [0.1, 0.15) is 5.75 Å². The molecule has 0 radical (unpaired) electrons. The van der Waals surface area contributed by atoms with E-state index in [0.29, 0.717) is 0 Å². The molecule has 0 amide bonds. The SMILES string of the molecule is CC(Oc1ccc2cc[nH]c2c1)OC1CCCCO1. The fraction of sp³-hybridized carbons (Fsp3) is 0.467. The Bertz CT molecular complexity index is 531. The van der Waals surface area contributed by atoms with Gasteiger partial charge in [-0.2, -0.15) is 0 Å². The highest BCUT2D eigenvalue weighted by Gasteiger charge is 2.18. The summed E-state index contributed by atoms with van der Waals surface area (Å²) in [5.41, 5.74) is 1.07. The Hall–Kier alpha value is -1.52. The molecule has 2 unspecified atom stereocenters. The summed E-state index contributed by atoms with van der Waals surface area (Å²) in [6, 6.07) is 8.01. The van der Waals surface area contributed by atoms with Crippen molar-refractivity contribution >= 4 is 10.9 Å².